The second-order valence-electron chi connectivity index (χ2n) is 8.44. The van der Waals surface area contributed by atoms with Gasteiger partial charge < -0.3 is 4.74 Å². The smallest absolute Gasteiger partial charge is 0.194 e. The van der Waals surface area contributed by atoms with E-state index in [4.69, 9.17) is 4.74 Å². The van der Waals surface area contributed by atoms with Crippen molar-refractivity contribution in [1.29, 1.82) is 5.26 Å². The second-order valence-corrected chi connectivity index (χ2v) is 8.44. The summed E-state index contributed by atoms with van der Waals surface area (Å²) in [5, 5.41) is 14.5. The molecule has 36 heavy (non-hydrogen) atoms. The van der Waals surface area contributed by atoms with Gasteiger partial charge in [0.25, 0.3) is 0 Å². The van der Waals surface area contributed by atoms with Gasteiger partial charge in [-0.05, 0) is 61.2 Å². The van der Waals surface area contributed by atoms with E-state index >= 15 is 0 Å². The molecular weight excluding hydrogens is 471 g/mol. The minimum atomic E-state index is -1.58. The maximum Gasteiger partial charge on any atom is 0.194 e. The van der Waals surface area contributed by atoms with E-state index in [1.54, 1.807) is 47.1 Å². The summed E-state index contributed by atoms with van der Waals surface area (Å²) in [6, 6.07) is 5.65. The summed E-state index contributed by atoms with van der Waals surface area (Å²) in [4.78, 5) is 13.2. The van der Waals surface area contributed by atoms with Crippen LogP contribution in [-0.2, 0) is 12.0 Å². The van der Waals surface area contributed by atoms with E-state index in [1.807, 2.05) is 13.1 Å². The number of hydrogen-bond acceptors (Lipinski definition) is 6. The van der Waals surface area contributed by atoms with Gasteiger partial charge in [0.1, 0.15) is 11.7 Å². The van der Waals surface area contributed by atoms with Gasteiger partial charge in [0, 0.05) is 18.9 Å². The Morgan fingerprint density at radius 2 is 1.92 bits per heavy atom. The predicted octanol–water partition coefficient (Wildman–Crippen LogP) is 4.37. The lowest BCUT2D eigenvalue weighted by atomic mass is 9.75. The molecule has 182 valence electrons. The number of rotatable bonds is 5. The van der Waals surface area contributed by atoms with Gasteiger partial charge in [0.05, 0.1) is 18.9 Å². The lowest BCUT2D eigenvalue weighted by Crippen LogP contribution is -2.35. The van der Waals surface area contributed by atoms with Crippen molar-refractivity contribution in [2.75, 3.05) is 7.11 Å². The van der Waals surface area contributed by atoms with Gasteiger partial charge in [-0.15, -0.1) is 0 Å². The highest BCUT2D eigenvalue weighted by Crippen LogP contribution is 2.39. The molecule has 3 aromatic heterocycles. The fourth-order valence-corrected chi connectivity index (χ4v) is 4.35. The van der Waals surface area contributed by atoms with Crippen LogP contribution < -0.4 is 4.74 Å². The Bertz CT molecular complexity index is 1510. The van der Waals surface area contributed by atoms with Crippen molar-refractivity contribution in [3.05, 3.63) is 82.8 Å². The van der Waals surface area contributed by atoms with Crippen molar-refractivity contribution in [1.82, 2.24) is 29.3 Å². The first kappa shape index (κ1) is 23.3. The molecule has 8 nitrogen and oxygen atoms in total. The number of imidazole rings is 1. The zero-order valence-electron chi connectivity index (χ0n) is 19.4. The number of hydrogen-bond donors (Lipinski definition) is 0. The van der Waals surface area contributed by atoms with Crippen molar-refractivity contribution >= 4 is 12.2 Å². The third kappa shape index (κ3) is 3.90. The van der Waals surface area contributed by atoms with Crippen molar-refractivity contribution < 1.29 is 17.9 Å². The van der Waals surface area contributed by atoms with Crippen LogP contribution in [0.4, 0.5) is 13.2 Å². The zero-order chi connectivity index (χ0) is 25.4. The highest BCUT2D eigenvalue weighted by Gasteiger charge is 2.43. The van der Waals surface area contributed by atoms with Gasteiger partial charge in [0.15, 0.2) is 40.7 Å². The molecule has 0 spiro atoms. The van der Waals surface area contributed by atoms with Crippen molar-refractivity contribution in [2.24, 2.45) is 0 Å². The molecule has 1 aliphatic heterocycles. The van der Waals surface area contributed by atoms with Gasteiger partial charge in [0.2, 0.25) is 0 Å². The van der Waals surface area contributed by atoms with Crippen molar-refractivity contribution in [3.63, 3.8) is 0 Å². The second kappa shape index (κ2) is 8.96. The summed E-state index contributed by atoms with van der Waals surface area (Å²) in [5.41, 5.74) is 0.110. The molecule has 4 aromatic rings. The number of aryl methyl sites for hydroxylation is 2. The molecule has 0 fully saturated rings. The Hall–Kier alpha value is -4.46. The van der Waals surface area contributed by atoms with Gasteiger partial charge in [-0.3, -0.25) is 4.57 Å². The Balaban J connectivity index is 1.49. The topological polar surface area (TPSA) is 94.4 Å². The zero-order valence-corrected chi connectivity index (χ0v) is 19.4. The van der Waals surface area contributed by atoms with Gasteiger partial charge >= 0.3 is 0 Å². The van der Waals surface area contributed by atoms with Crippen LogP contribution in [0, 0.1) is 35.7 Å². The first-order valence-electron chi connectivity index (χ1n) is 11.1. The Morgan fingerprint density at radius 1 is 1.14 bits per heavy atom. The van der Waals surface area contributed by atoms with Crippen LogP contribution in [0.2, 0.25) is 0 Å². The largest absolute Gasteiger partial charge is 0.493 e. The van der Waals surface area contributed by atoms with Crippen LogP contribution in [-0.4, -0.2) is 36.4 Å². The summed E-state index contributed by atoms with van der Waals surface area (Å²) in [6.07, 6.45) is 9.33. The molecule has 0 saturated heterocycles. The minimum Gasteiger partial charge on any atom is -0.493 e. The lowest BCUT2D eigenvalue weighted by Gasteiger charge is -2.30. The van der Waals surface area contributed by atoms with E-state index < -0.39 is 22.9 Å². The Labute approximate surface area is 204 Å². The molecule has 1 aliphatic rings. The number of halogens is 3. The molecule has 5 rings (SSSR count). The maximum absolute atomic E-state index is 14.0. The SMILES string of the molecule is COc1cc(C=Cc2nc3n(n2)CCC[C@@]3(C#N)c2cc(F)c(F)c(F)c2)cnc1-n1cnc(C)c1. The fraction of sp³-hybridized carbons (Fsp3) is 0.240. The normalized spacial score (nSPS) is 17.2. The highest BCUT2D eigenvalue weighted by atomic mass is 19.2. The number of ether oxygens (including phenoxy) is 1. The van der Waals surface area contributed by atoms with Gasteiger partial charge in [-0.1, -0.05) is 0 Å². The minimum absolute atomic E-state index is 0.00421. The van der Waals surface area contributed by atoms with E-state index in [0.717, 1.165) is 23.4 Å². The summed E-state index contributed by atoms with van der Waals surface area (Å²) < 4.78 is 50.3. The Morgan fingerprint density at radius 3 is 2.58 bits per heavy atom. The third-order valence-electron chi connectivity index (χ3n) is 6.11. The van der Waals surface area contributed by atoms with E-state index in [-0.39, 0.29) is 17.8 Å². The van der Waals surface area contributed by atoms with Gasteiger partial charge in [-0.25, -0.2) is 32.8 Å². The van der Waals surface area contributed by atoms with Crippen LogP contribution in [0.25, 0.3) is 18.0 Å². The first-order valence-corrected chi connectivity index (χ1v) is 11.1. The number of nitriles is 1. The molecule has 1 atom stereocenters. The first-order chi connectivity index (χ1) is 17.3. The summed E-state index contributed by atoms with van der Waals surface area (Å²) >= 11 is 0. The summed E-state index contributed by atoms with van der Waals surface area (Å²) in [7, 11) is 1.55. The summed E-state index contributed by atoms with van der Waals surface area (Å²) in [5.74, 6) is -2.60. The molecule has 1 aromatic carbocycles. The molecule has 0 bridgehead atoms. The number of methoxy groups -OCH3 is 1. The predicted molar refractivity (Wildman–Crippen MR) is 124 cm³/mol. The average Bonchev–Trinajstić information content (AvgIpc) is 3.51. The number of benzene rings is 1. The monoisotopic (exact) mass is 491 g/mol. The average molecular weight is 491 g/mol. The van der Waals surface area contributed by atoms with Gasteiger partial charge in [-0.2, -0.15) is 10.4 Å². The summed E-state index contributed by atoms with van der Waals surface area (Å²) in [6.45, 7) is 2.36. The van der Waals surface area contributed by atoms with Crippen LogP contribution in [0.15, 0.2) is 36.9 Å². The highest BCUT2D eigenvalue weighted by molar-refractivity contribution is 5.68. The Kier molecular flexibility index (Phi) is 5.80. The van der Waals surface area contributed by atoms with E-state index in [9.17, 15) is 18.4 Å². The fourth-order valence-electron chi connectivity index (χ4n) is 4.35. The standard InChI is InChI=1S/C25H20F3N7O/c1-15-12-34(14-31-15)23-20(36-2)8-16(11-30-23)4-5-21-32-24-25(13-29,6-3-7-35(24)33-21)17-9-18(26)22(28)19(27)10-17/h4-5,8-12,14H,3,6-7H2,1-2H3/t25-/m1/s1. The van der Waals surface area contributed by atoms with E-state index in [0.29, 0.717) is 30.4 Å². The van der Waals surface area contributed by atoms with E-state index in [1.165, 1.54) is 0 Å². The molecule has 0 saturated carbocycles. The van der Waals surface area contributed by atoms with Crippen LogP contribution >= 0.6 is 0 Å². The molecule has 0 aliphatic carbocycles. The molecule has 4 heterocycles. The van der Waals surface area contributed by atoms with E-state index in [2.05, 4.69) is 26.1 Å². The maximum atomic E-state index is 14.0. The lowest BCUT2D eigenvalue weighted by molar-refractivity contribution is 0.385. The van der Waals surface area contributed by atoms with Crippen molar-refractivity contribution in [3.8, 4) is 17.6 Å². The number of pyridine rings is 1. The molecule has 0 amide bonds. The number of aromatic nitrogens is 6. The molecule has 11 heteroatoms. The molecule has 0 N–H and O–H groups in total. The molecule has 0 unspecified atom stereocenters. The van der Waals surface area contributed by atoms with Crippen LogP contribution in [0.3, 0.4) is 0 Å². The number of nitrogens with zero attached hydrogens (tertiary/aromatic N) is 7. The molecular formula is C25H20F3N7O. The van der Waals surface area contributed by atoms with Crippen molar-refractivity contribution in [2.45, 2.75) is 31.7 Å². The number of fused-ring (bicyclic) bond motifs is 1. The quantitative estimate of drug-likeness (QED) is 0.385. The van der Waals surface area contributed by atoms with Crippen LogP contribution in [0.5, 0.6) is 5.75 Å². The third-order valence-corrected chi connectivity index (χ3v) is 6.11. The van der Waals surface area contributed by atoms with Crippen LogP contribution in [0.1, 0.15) is 41.3 Å². The molecule has 0 radical (unpaired) electrons.